The Morgan fingerprint density at radius 2 is 0.711 bits per heavy atom. The molecule has 0 radical (unpaired) electrons. The van der Waals surface area contributed by atoms with Gasteiger partial charge in [-0.2, -0.15) is 0 Å². The quantitative estimate of drug-likeness (QED) is 0.154. The molecule has 0 spiro atoms. The van der Waals surface area contributed by atoms with Crippen molar-refractivity contribution >= 4 is 17.1 Å². The minimum absolute atomic E-state index is 0.00936. The Kier molecular flexibility index (Phi) is 10.7. The second-order valence-electron chi connectivity index (χ2n) is 24.8. The maximum Gasteiger partial charge on any atom is 0.0714 e. The zero-order chi connectivity index (χ0) is 52.5. The van der Waals surface area contributed by atoms with Gasteiger partial charge in [-0.1, -0.05) is 269 Å². The highest BCUT2D eigenvalue weighted by atomic mass is 15.2. The van der Waals surface area contributed by atoms with E-state index in [9.17, 15) is 0 Å². The SMILES string of the molecule is CC(C)(C)c1ccc(C2(c3ccc(C(C)(C)C)cc3)c3ccccc3-c3c(N(c4ccccc4-c4ccc5c(c4)C(C)(C)c4ccccc4-5)c4ccccc4-c4cccc5c4C(C)(C)c4ccccc4-5)cccc32)cc1. The van der Waals surface area contributed by atoms with E-state index in [1.54, 1.807) is 0 Å². The average Bonchev–Trinajstić information content (AvgIpc) is 4.20. The van der Waals surface area contributed by atoms with Crippen LogP contribution in [-0.4, -0.2) is 0 Å². The van der Waals surface area contributed by atoms with Crippen LogP contribution in [0.1, 0.15) is 125 Å². The van der Waals surface area contributed by atoms with Crippen LogP contribution in [0.2, 0.25) is 0 Å². The molecule has 372 valence electrons. The number of fused-ring (bicyclic) bond motifs is 9. The molecule has 10 aromatic rings. The van der Waals surface area contributed by atoms with Crippen LogP contribution in [0, 0.1) is 0 Å². The molecule has 3 aliphatic carbocycles. The van der Waals surface area contributed by atoms with E-state index in [1.807, 2.05) is 0 Å². The maximum atomic E-state index is 2.63. The number of benzene rings is 10. The molecular formula is C75H67N. The second kappa shape index (κ2) is 17.0. The van der Waals surface area contributed by atoms with Crippen molar-refractivity contribution in [2.75, 3.05) is 4.90 Å². The minimum atomic E-state index is -0.615. The smallest absolute Gasteiger partial charge is 0.0714 e. The van der Waals surface area contributed by atoms with Crippen molar-refractivity contribution in [1.29, 1.82) is 0 Å². The molecule has 3 aliphatic rings. The molecule has 0 fully saturated rings. The first-order valence-corrected chi connectivity index (χ1v) is 27.4. The van der Waals surface area contributed by atoms with Crippen molar-refractivity contribution < 1.29 is 0 Å². The van der Waals surface area contributed by atoms with Crippen LogP contribution in [0.5, 0.6) is 0 Å². The first-order chi connectivity index (χ1) is 36.5. The molecule has 0 heterocycles. The molecule has 0 N–H and O–H groups in total. The summed E-state index contributed by atoms with van der Waals surface area (Å²) >= 11 is 0. The van der Waals surface area contributed by atoms with E-state index >= 15 is 0 Å². The molecule has 1 heteroatoms. The summed E-state index contributed by atoms with van der Waals surface area (Å²) < 4.78 is 0. The van der Waals surface area contributed by atoms with Crippen molar-refractivity contribution in [2.24, 2.45) is 0 Å². The zero-order valence-electron chi connectivity index (χ0n) is 45.8. The van der Waals surface area contributed by atoms with Gasteiger partial charge >= 0.3 is 0 Å². The van der Waals surface area contributed by atoms with Crippen molar-refractivity contribution in [3.05, 3.63) is 280 Å². The Hall–Kier alpha value is -8.00. The Balaban J connectivity index is 1.11. The van der Waals surface area contributed by atoms with Crippen LogP contribution in [0.4, 0.5) is 17.1 Å². The zero-order valence-corrected chi connectivity index (χ0v) is 45.8. The molecule has 0 unspecified atom stereocenters. The minimum Gasteiger partial charge on any atom is -0.309 e. The van der Waals surface area contributed by atoms with Gasteiger partial charge < -0.3 is 4.90 Å². The molecule has 10 aromatic carbocycles. The fourth-order valence-corrected chi connectivity index (χ4v) is 13.9. The fraction of sp³-hybridized carbons (Fsp3) is 0.200. The first kappa shape index (κ1) is 47.7. The van der Waals surface area contributed by atoms with Gasteiger partial charge in [-0.25, -0.2) is 0 Å². The van der Waals surface area contributed by atoms with Gasteiger partial charge in [-0.3, -0.25) is 0 Å². The van der Waals surface area contributed by atoms with Crippen molar-refractivity contribution in [2.45, 2.75) is 96.3 Å². The highest BCUT2D eigenvalue weighted by Gasteiger charge is 2.48. The summed E-state index contributed by atoms with van der Waals surface area (Å²) in [7, 11) is 0. The fourth-order valence-electron chi connectivity index (χ4n) is 13.9. The number of hydrogen-bond donors (Lipinski definition) is 0. The number of rotatable bonds is 7. The molecule has 1 nitrogen and oxygen atoms in total. The predicted molar refractivity (Wildman–Crippen MR) is 322 cm³/mol. The Morgan fingerprint density at radius 3 is 1.30 bits per heavy atom. The molecule has 0 atom stereocenters. The monoisotopic (exact) mass is 982 g/mol. The molecule has 13 rings (SSSR count). The van der Waals surface area contributed by atoms with Gasteiger partial charge in [0.1, 0.15) is 0 Å². The number of nitrogens with zero attached hydrogens (tertiary/aromatic N) is 1. The van der Waals surface area contributed by atoms with Crippen LogP contribution in [0.15, 0.2) is 224 Å². The van der Waals surface area contributed by atoms with E-state index in [-0.39, 0.29) is 21.7 Å². The maximum absolute atomic E-state index is 2.63. The molecule has 0 aliphatic heterocycles. The Bertz CT molecular complexity index is 3880. The molecule has 0 amide bonds. The van der Waals surface area contributed by atoms with Gasteiger partial charge in [0.15, 0.2) is 0 Å². The van der Waals surface area contributed by atoms with Crippen LogP contribution >= 0.6 is 0 Å². The van der Waals surface area contributed by atoms with Gasteiger partial charge in [0.25, 0.3) is 0 Å². The van der Waals surface area contributed by atoms with E-state index in [0.717, 1.165) is 17.1 Å². The molecular weight excluding hydrogens is 915 g/mol. The van der Waals surface area contributed by atoms with E-state index < -0.39 is 5.41 Å². The van der Waals surface area contributed by atoms with Crippen LogP contribution < -0.4 is 4.90 Å². The highest BCUT2D eigenvalue weighted by Crippen LogP contribution is 2.62. The summed E-state index contributed by atoms with van der Waals surface area (Å²) in [4.78, 5) is 2.63. The average molecular weight is 982 g/mol. The topological polar surface area (TPSA) is 3.24 Å². The molecule has 76 heavy (non-hydrogen) atoms. The van der Waals surface area contributed by atoms with E-state index in [4.69, 9.17) is 0 Å². The molecule has 0 aromatic heterocycles. The number of para-hydroxylation sites is 2. The summed E-state index contributed by atoms with van der Waals surface area (Å²) in [5, 5.41) is 0. The van der Waals surface area contributed by atoms with Crippen molar-refractivity contribution in [1.82, 2.24) is 0 Å². The summed E-state index contributed by atoms with van der Waals surface area (Å²) in [6, 6.07) is 86.1. The predicted octanol–water partition coefficient (Wildman–Crippen LogP) is 20.1. The third kappa shape index (κ3) is 6.97. The number of hydrogen-bond acceptors (Lipinski definition) is 1. The van der Waals surface area contributed by atoms with E-state index in [2.05, 4.69) is 299 Å². The van der Waals surface area contributed by atoms with Gasteiger partial charge in [0.2, 0.25) is 0 Å². The summed E-state index contributed by atoms with van der Waals surface area (Å²) in [5.74, 6) is 0. The first-order valence-electron chi connectivity index (χ1n) is 27.4. The standard InChI is InChI=1S/C75H67N/c1-71(2,3)49-38-42-51(43-39-49)75(52-44-40-50(41-45-52)72(4,5)6)63-32-18-13-27-60(63)69-64(75)33-22-36-68(69)76(66-34-19-14-23-53(66)48-37-46-56-54-24-11-16-30-61(54)73(7,8)65(56)47-48)67-35-20-15-26-57(67)59-29-21-28-58-55-25-12-17-31-62(55)74(9,10)70(58)59/h11-47H,1-10H3. The van der Waals surface area contributed by atoms with E-state index in [0.29, 0.717) is 0 Å². The molecule has 0 saturated heterocycles. The molecule has 0 bridgehead atoms. The lowest BCUT2D eigenvalue weighted by molar-refractivity contribution is 0.588. The third-order valence-electron chi connectivity index (χ3n) is 17.7. The number of anilines is 3. The van der Waals surface area contributed by atoms with Gasteiger partial charge in [0.05, 0.1) is 22.5 Å². The summed E-state index contributed by atoms with van der Waals surface area (Å²) in [5.41, 5.74) is 28.4. The lowest BCUT2D eigenvalue weighted by Crippen LogP contribution is -2.29. The lowest BCUT2D eigenvalue weighted by atomic mass is 9.67. The van der Waals surface area contributed by atoms with Crippen LogP contribution in [0.3, 0.4) is 0 Å². The normalized spacial score (nSPS) is 15.0. The second-order valence-corrected chi connectivity index (χ2v) is 24.8. The lowest BCUT2D eigenvalue weighted by Gasteiger charge is -2.36. The van der Waals surface area contributed by atoms with Gasteiger partial charge in [0, 0.05) is 27.5 Å². The summed E-state index contributed by atoms with van der Waals surface area (Å²) in [6.45, 7) is 23.5. The van der Waals surface area contributed by atoms with Crippen molar-refractivity contribution in [3.8, 4) is 55.6 Å². The third-order valence-corrected chi connectivity index (χ3v) is 17.7. The molecule has 0 saturated carbocycles. The summed E-state index contributed by atoms with van der Waals surface area (Å²) in [6.07, 6.45) is 0. The Morgan fingerprint density at radius 1 is 0.303 bits per heavy atom. The Labute approximate surface area is 451 Å². The van der Waals surface area contributed by atoms with Crippen LogP contribution in [-0.2, 0) is 27.1 Å². The van der Waals surface area contributed by atoms with E-state index in [1.165, 1.54) is 111 Å². The van der Waals surface area contributed by atoms with Crippen molar-refractivity contribution in [3.63, 3.8) is 0 Å². The largest absolute Gasteiger partial charge is 0.309 e. The van der Waals surface area contributed by atoms with Gasteiger partial charge in [-0.05, 0) is 130 Å². The highest BCUT2D eigenvalue weighted by molar-refractivity contribution is 6.03. The van der Waals surface area contributed by atoms with Crippen LogP contribution in [0.25, 0.3) is 55.6 Å². The van der Waals surface area contributed by atoms with Gasteiger partial charge in [-0.15, -0.1) is 0 Å².